The van der Waals surface area contributed by atoms with Gasteiger partial charge < -0.3 is 10.1 Å². The molecular weight excluding hydrogens is 284 g/mol. The summed E-state index contributed by atoms with van der Waals surface area (Å²) in [4.78, 5) is 4.27. The van der Waals surface area contributed by atoms with Crippen LogP contribution in [0.2, 0.25) is 0 Å². The molecule has 106 valence electrons. The molecule has 5 nitrogen and oxygen atoms in total. The molecule has 6 heteroatoms. The van der Waals surface area contributed by atoms with E-state index in [0.29, 0.717) is 6.54 Å². The fraction of sp³-hybridized carbons (Fsp3) is 0.133. The van der Waals surface area contributed by atoms with Gasteiger partial charge in [0.15, 0.2) is 5.01 Å². The maximum atomic E-state index is 5.14. The highest BCUT2D eigenvalue weighted by molar-refractivity contribution is 7.18. The number of anilines is 1. The molecular formula is C15H14N4OS. The van der Waals surface area contributed by atoms with E-state index >= 15 is 0 Å². The van der Waals surface area contributed by atoms with E-state index in [0.717, 1.165) is 27.1 Å². The summed E-state index contributed by atoms with van der Waals surface area (Å²) in [6.45, 7) is 0.695. The molecule has 0 saturated heterocycles. The normalized spacial score (nSPS) is 10.3. The topological polar surface area (TPSA) is 59.9 Å². The molecule has 0 radical (unpaired) electrons. The Kier molecular flexibility index (Phi) is 4.07. The van der Waals surface area contributed by atoms with E-state index in [1.54, 1.807) is 13.3 Å². The molecule has 0 aliphatic carbocycles. The number of hydrogen-bond acceptors (Lipinski definition) is 6. The zero-order chi connectivity index (χ0) is 14.5. The fourth-order valence-electron chi connectivity index (χ4n) is 1.81. The van der Waals surface area contributed by atoms with Crippen molar-refractivity contribution in [3.8, 4) is 16.5 Å². The van der Waals surface area contributed by atoms with E-state index in [1.165, 1.54) is 11.3 Å². The van der Waals surface area contributed by atoms with Crippen LogP contribution in [0.4, 0.5) is 5.13 Å². The summed E-state index contributed by atoms with van der Waals surface area (Å²) in [6, 6.07) is 13.7. The van der Waals surface area contributed by atoms with Crippen molar-refractivity contribution in [2.75, 3.05) is 12.4 Å². The molecule has 2 aromatic heterocycles. The largest absolute Gasteiger partial charge is 0.497 e. The van der Waals surface area contributed by atoms with E-state index in [2.05, 4.69) is 20.5 Å². The van der Waals surface area contributed by atoms with Crippen molar-refractivity contribution < 1.29 is 4.74 Å². The third-order valence-corrected chi connectivity index (χ3v) is 3.82. The van der Waals surface area contributed by atoms with Gasteiger partial charge in [-0.05, 0) is 29.8 Å². The highest BCUT2D eigenvalue weighted by Crippen LogP contribution is 2.24. The molecule has 0 amide bonds. The molecule has 3 rings (SSSR count). The van der Waals surface area contributed by atoms with Gasteiger partial charge in [-0.1, -0.05) is 29.5 Å². The highest BCUT2D eigenvalue weighted by atomic mass is 32.1. The second-order valence-corrected chi connectivity index (χ2v) is 5.31. The van der Waals surface area contributed by atoms with Crippen LogP contribution in [0.15, 0.2) is 48.7 Å². The lowest BCUT2D eigenvalue weighted by Crippen LogP contribution is -1.98. The Morgan fingerprint density at radius 1 is 1.10 bits per heavy atom. The number of nitrogens with one attached hydrogen (secondary N) is 1. The number of pyridine rings is 1. The summed E-state index contributed by atoms with van der Waals surface area (Å²) in [6.07, 6.45) is 1.75. The average Bonchev–Trinajstić information content (AvgIpc) is 3.03. The van der Waals surface area contributed by atoms with Crippen molar-refractivity contribution in [3.63, 3.8) is 0 Å². The number of ether oxygens (including phenoxy) is 1. The van der Waals surface area contributed by atoms with Crippen molar-refractivity contribution in [3.05, 3.63) is 54.2 Å². The molecule has 2 heterocycles. The van der Waals surface area contributed by atoms with Crippen molar-refractivity contribution in [1.82, 2.24) is 15.2 Å². The second-order valence-electron chi connectivity index (χ2n) is 4.33. The molecule has 0 fully saturated rings. The molecule has 1 N–H and O–H groups in total. The van der Waals surface area contributed by atoms with Crippen molar-refractivity contribution in [1.29, 1.82) is 0 Å². The summed E-state index contributed by atoms with van der Waals surface area (Å²) in [5.41, 5.74) is 2.00. The molecule has 0 aliphatic rings. The van der Waals surface area contributed by atoms with Crippen molar-refractivity contribution in [2.45, 2.75) is 6.54 Å². The molecule has 0 saturated carbocycles. The summed E-state index contributed by atoms with van der Waals surface area (Å²) < 4.78 is 5.14. The van der Waals surface area contributed by atoms with Crippen LogP contribution in [0.1, 0.15) is 5.56 Å². The van der Waals surface area contributed by atoms with Gasteiger partial charge in [-0.15, -0.1) is 10.2 Å². The van der Waals surface area contributed by atoms with Gasteiger partial charge in [0.05, 0.1) is 7.11 Å². The van der Waals surface area contributed by atoms with E-state index < -0.39 is 0 Å². The van der Waals surface area contributed by atoms with Crippen LogP contribution in [0.25, 0.3) is 10.7 Å². The van der Waals surface area contributed by atoms with Crippen LogP contribution in [-0.2, 0) is 6.54 Å². The van der Waals surface area contributed by atoms with Crippen LogP contribution < -0.4 is 10.1 Å². The molecule has 0 aliphatic heterocycles. The van der Waals surface area contributed by atoms with Crippen LogP contribution in [-0.4, -0.2) is 22.3 Å². The van der Waals surface area contributed by atoms with Gasteiger partial charge in [-0.2, -0.15) is 0 Å². The minimum Gasteiger partial charge on any atom is -0.497 e. The van der Waals surface area contributed by atoms with Crippen LogP contribution in [0, 0.1) is 0 Å². The first-order valence-electron chi connectivity index (χ1n) is 6.47. The Morgan fingerprint density at radius 3 is 2.67 bits per heavy atom. The van der Waals surface area contributed by atoms with E-state index in [-0.39, 0.29) is 0 Å². The predicted octanol–water partition coefficient (Wildman–Crippen LogP) is 3.22. The summed E-state index contributed by atoms with van der Waals surface area (Å²) in [7, 11) is 1.66. The van der Waals surface area contributed by atoms with Gasteiger partial charge >= 0.3 is 0 Å². The number of nitrogens with zero attached hydrogens (tertiary/aromatic N) is 3. The van der Waals surface area contributed by atoms with Gasteiger partial charge in [-0.3, -0.25) is 4.98 Å². The zero-order valence-electron chi connectivity index (χ0n) is 11.5. The minimum absolute atomic E-state index is 0.695. The number of rotatable bonds is 5. The molecule has 0 spiro atoms. The number of aromatic nitrogens is 3. The molecule has 1 aromatic carbocycles. The Hall–Kier alpha value is -2.47. The Bertz CT molecular complexity index is 697. The SMILES string of the molecule is COc1ccc(CNc2nnc(-c3ccccn3)s2)cc1. The van der Waals surface area contributed by atoms with Crippen molar-refractivity contribution in [2.24, 2.45) is 0 Å². The quantitative estimate of drug-likeness (QED) is 0.783. The number of benzene rings is 1. The van der Waals surface area contributed by atoms with Gasteiger partial charge in [-0.25, -0.2) is 0 Å². The van der Waals surface area contributed by atoms with Gasteiger partial charge in [0.25, 0.3) is 0 Å². The standard InChI is InChI=1S/C15H14N4OS/c1-20-12-7-5-11(6-8-12)10-17-15-19-18-14(21-15)13-4-2-3-9-16-13/h2-9H,10H2,1H3,(H,17,19). The third kappa shape index (κ3) is 3.35. The zero-order valence-corrected chi connectivity index (χ0v) is 12.3. The molecule has 0 unspecified atom stereocenters. The Labute approximate surface area is 126 Å². The van der Waals surface area contributed by atoms with Gasteiger partial charge in [0, 0.05) is 12.7 Å². The van der Waals surface area contributed by atoms with E-state index in [4.69, 9.17) is 4.74 Å². The summed E-state index contributed by atoms with van der Waals surface area (Å²) in [5, 5.41) is 13.1. The van der Waals surface area contributed by atoms with Crippen LogP contribution in [0.3, 0.4) is 0 Å². The van der Waals surface area contributed by atoms with Crippen molar-refractivity contribution >= 4 is 16.5 Å². The second kappa shape index (κ2) is 6.32. The maximum absolute atomic E-state index is 5.14. The number of methoxy groups -OCH3 is 1. The first-order valence-corrected chi connectivity index (χ1v) is 7.28. The smallest absolute Gasteiger partial charge is 0.206 e. The molecule has 3 aromatic rings. The monoisotopic (exact) mass is 298 g/mol. The lowest BCUT2D eigenvalue weighted by Gasteiger charge is -2.03. The maximum Gasteiger partial charge on any atom is 0.206 e. The highest BCUT2D eigenvalue weighted by Gasteiger charge is 2.06. The molecule has 21 heavy (non-hydrogen) atoms. The number of hydrogen-bond donors (Lipinski definition) is 1. The predicted molar refractivity (Wildman–Crippen MR) is 83.5 cm³/mol. The van der Waals surface area contributed by atoms with Gasteiger partial charge in [0.2, 0.25) is 5.13 Å². The van der Waals surface area contributed by atoms with E-state index in [1.807, 2.05) is 42.5 Å². The molecule has 0 atom stereocenters. The van der Waals surface area contributed by atoms with Crippen LogP contribution >= 0.6 is 11.3 Å². The van der Waals surface area contributed by atoms with E-state index in [9.17, 15) is 0 Å². The Balaban J connectivity index is 1.64. The third-order valence-electron chi connectivity index (χ3n) is 2.91. The molecule has 0 bridgehead atoms. The average molecular weight is 298 g/mol. The first kappa shape index (κ1) is 13.5. The lowest BCUT2D eigenvalue weighted by molar-refractivity contribution is 0.414. The van der Waals surface area contributed by atoms with Gasteiger partial charge in [0.1, 0.15) is 11.4 Å². The first-order chi connectivity index (χ1) is 10.3. The summed E-state index contributed by atoms with van der Waals surface area (Å²) >= 11 is 1.49. The summed E-state index contributed by atoms with van der Waals surface area (Å²) in [5.74, 6) is 0.854. The van der Waals surface area contributed by atoms with Crippen LogP contribution in [0.5, 0.6) is 5.75 Å². The fourth-order valence-corrected chi connectivity index (χ4v) is 2.52. The Morgan fingerprint density at radius 2 is 1.95 bits per heavy atom. The lowest BCUT2D eigenvalue weighted by atomic mass is 10.2. The minimum atomic E-state index is 0.695.